The van der Waals surface area contributed by atoms with Gasteiger partial charge < -0.3 is 0 Å². The molecule has 1 heterocycles. The summed E-state index contributed by atoms with van der Waals surface area (Å²) in [6.07, 6.45) is -4.53. The van der Waals surface area contributed by atoms with Crippen LogP contribution in [0, 0.1) is 0 Å². The molecule has 0 saturated heterocycles. The minimum Gasteiger partial charge on any atom is -0.264 e. The predicted molar refractivity (Wildman–Crippen MR) is 44.8 cm³/mol. The van der Waals surface area contributed by atoms with Gasteiger partial charge in [0, 0.05) is 0 Å². The van der Waals surface area contributed by atoms with Crippen LogP contribution in [-0.2, 0) is 0 Å². The maximum Gasteiger partial charge on any atom is 0.436 e. The van der Waals surface area contributed by atoms with E-state index < -0.39 is 22.0 Å². The number of halogens is 4. The van der Waals surface area contributed by atoms with Gasteiger partial charge in [0.15, 0.2) is 10.8 Å². The minimum absolute atomic E-state index is 0.496. The SMILES string of the molecule is NN1C(=S)C(C(F)(F)F)=NC1Br. The molecule has 0 aliphatic carbocycles. The van der Waals surface area contributed by atoms with E-state index in [0.717, 1.165) is 5.01 Å². The van der Waals surface area contributed by atoms with Crippen LogP contribution < -0.4 is 5.84 Å². The fourth-order valence-electron chi connectivity index (χ4n) is 0.637. The van der Waals surface area contributed by atoms with E-state index in [4.69, 9.17) is 5.84 Å². The first-order valence-electron chi connectivity index (χ1n) is 2.71. The van der Waals surface area contributed by atoms with Crippen molar-refractivity contribution in [3.8, 4) is 0 Å². The molecule has 0 fully saturated rings. The first-order chi connectivity index (χ1) is 5.34. The summed E-state index contributed by atoms with van der Waals surface area (Å²) < 4.78 is 36.1. The second-order valence-corrected chi connectivity index (χ2v) is 3.20. The third kappa shape index (κ3) is 1.59. The predicted octanol–water partition coefficient (Wildman–Crippen LogP) is 1.18. The summed E-state index contributed by atoms with van der Waals surface area (Å²) in [5, 5.41) is -0.181. The summed E-state index contributed by atoms with van der Waals surface area (Å²) in [7, 11) is 0. The Kier molecular flexibility index (Phi) is 2.41. The quantitative estimate of drug-likeness (QED) is 0.308. The second kappa shape index (κ2) is 2.93. The molecular formula is C4H3BrF3N3S. The normalized spacial score (nSPS) is 24.8. The van der Waals surface area contributed by atoms with Crippen LogP contribution in [-0.4, -0.2) is 27.0 Å². The molecule has 3 nitrogen and oxygen atoms in total. The zero-order chi connectivity index (χ0) is 9.52. The van der Waals surface area contributed by atoms with Crippen molar-refractivity contribution >= 4 is 38.8 Å². The lowest BCUT2D eigenvalue weighted by Crippen LogP contribution is -2.41. The number of nitrogens with zero attached hydrogens (tertiary/aromatic N) is 2. The van der Waals surface area contributed by atoms with Gasteiger partial charge in [-0.05, 0) is 15.9 Å². The van der Waals surface area contributed by atoms with Gasteiger partial charge in [0.1, 0.15) is 4.99 Å². The summed E-state index contributed by atoms with van der Waals surface area (Å²) >= 11 is 7.21. The summed E-state index contributed by atoms with van der Waals surface area (Å²) in [6.45, 7) is 0. The zero-order valence-electron chi connectivity index (χ0n) is 5.47. The third-order valence-corrected chi connectivity index (χ3v) is 2.22. The molecule has 1 rings (SSSR count). The van der Waals surface area contributed by atoms with Gasteiger partial charge in [0.25, 0.3) is 0 Å². The van der Waals surface area contributed by atoms with Crippen LogP contribution in [0.4, 0.5) is 13.2 Å². The number of hydrazine groups is 1. The number of thiocarbonyl (C=S) groups is 1. The molecule has 1 aliphatic heterocycles. The molecule has 1 atom stereocenters. The number of hydrogen-bond acceptors (Lipinski definition) is 3. The maximum absolute atomic E-state index is 12.0. The van der Waals surface area contributed by atoms with E-state index in [-0.39, 0.29) is 0 Å². The van der Waals surface area contributed by atoms with Crippen LogP contribution in [0.15, 0.2) is 4.99 Å². The average molecular weight is 262 g/mol. The summed E-state index contributed by atoms with van der Waals surface area (Å²) in [6, 6.07) is 0. The van der Waals surface area contributed by atoms with Crippen molar-refractivity contribution in [2.24, 2.45) is 10.8 Å². The summed E-state index contributed by atoms with van der Waals surface area (Å²) in [5.74, 6) is 5.14. The number of hydrogen-bond donors (Lipinski definition) is 1. The van der Waals surface area contributed by atoms with Crippen LogP contribution >= 0.6 is 28.1 Å². The number of nitrogens with two attached hydrogens (primary N) is 1. The van der Waals surface area contributed by atoms with E-state index in [1.165, 1.54) is 0 Å². The summed E-state index contributed by atoms with van der Waals surface area (Å²) in [4.78, 5) is 2.69. The molecule has 0 saturated carbocycles. The minimum atomic E-state index is -4.53. The van der Waals surface area contributed by atoms with Crippen molar-refractivity contribution in [3.63, 3.8) is 0 Å². The Labute approximate surface area is 79.5 Å². The molecule has 2 N–H and O–H groups in total. The summed E-state index contributed by atoms with van der Waals surface area (Å²) in [5.41, 5.74) is -1.11. The third-order valence-electron chi connectivity index (χ3n) is 1.17. The molecule has 0 amide bonds. The molecular weight excluding hydrogens is 259 g/mol. The van der Waals surface area contributed by atoms with E-state index >= 15 is 0 Å². The molecule has 0 aromatic heterocycles. The highest BCUT2D eigenvalue weighted by Gasteiger charge is 2.44. The number of alkyl halides is 4. The van der Waals surface area contributed by atoms with Gasteiger partial charge in [-0.3, -0.25) is 5.01 Å². The topological polar surface area (TPSA) is 41.6 Å². The Hall–Kier alpha value is -0.210. The molecule has 0 radical (unpaired) electrons. The van der Waals surface area contributed by atoms with Gasteiger partial charge >= 0.3 is 6.18 Å². The monoisotopic (exact) mass is 261 g/mol. The van der Waals surface area contributed by atoms with E-state index in [1.807, 2.05) is 0 Å². The largest absolute Gasteiger partial charge is 0.436 e. The Morgan fingerprint density at radius 1 is 1.58 bits per heavy atom. The van der Waals surface area contributed by atoms with Gasteiger partial charge in [-0.25, -0.2) is 10.8 Å². The smallest absolute Gasteiger partial charge is 0.264 e. The molecule has 0 aromatic rings. The van der Waals surface area contributed by atoms with Crippen molar-refractivity contribution in [3.05, 3.63) is 0 Å². The van der Waals surface area contributed by atoms with E-state index in [2.05, 4.69) is 33.1 Å². The average Bonchev–Trinajstić information content (AvgIpc) is 2.15. The molecule has 68 valence electrons. The van der Waals surface area contributed by atoms with Crippen LogP contribution in [0.3, 0.4) is 0 Å². The van der Waals surface area contributed by atoms with E-state index in [9.17, 15) is 13.2 Å². The Morgan fingerprint density at radius 2 is 2.08 bits per heavy atom. The van der Waals surface area contributed by atoms with Crippen LogP contribution in [0.25, 0.3) is 0 Å². The van der Waals surface area contributed by atoms with E-state index in [0.29, 0.717) is 0 Å². The molecule has 0 bridgehead atoms. The van der Waals surface area contributed by atoms with Crippen LogP contribution in [0.2, 0.25) is 0 Å². The first-order valence-corrected chi connectivity index (χ1v) is 4.04. The number of aliphatic imine (C=N–C) groups is 1. The fourth-order valence-corrected chi connectivity index (χ4v) is 1.45. The molecule has 0 spiro atoms. The second-order valence-electron chi connectivity index (χ2n) is 2.00. The molecule has 8 heteroatoms. The lowest BCUT2D eigenvalue weighted by atomic mass is 10.4. The molecule has 1 unspecified atom stereocenters. The standard InChI is InChI=1S/C4H3BrF3N3S/c5-3-10-1(4(6,7)8)2(12)11(3)9/h3H,9H2. The Bertz CT molecular complexity index is 250. The molecule has 0 aromatic carbocycles. The van der Waals surface area contributed by atoms with Crippen molar-refractivity contribution in [2.45, 2.75) is 11.3 Å². The van der Waals surface area contributed by atoms with Crippen molar-refractivity contribution in [2.75, 3.05) is 0 Å². The van der Waals surface area contributed by atoms with Gasteiger partial charge in [0.05, 0.1) is 0 Å². The van der Waals surface area contributed by atoms with Gasteiger partial charge in [-0.1, -0.05) is 12.2 Å². The first kappa shape index (κ1) is 9.87. The highest BCUT2D eigenvalue weighted by atomic mass is 79.9. The van der Waals surface area contributed by atoms with Crippen molar-refractivity contribution < 1.29 is 13.2 Å². The highest BCUT2D eigenvalue weighted by Crippen LogP contribution is 2.26. The Morgan fingerprint density at radius 3 is 2.25 bits per heavy atom. The van der Waals surface area contributed by atoms with Gasteiger partial charge in [-0.2, -0.15) is 13.2 Å². The van der Waals surface area contributed by atoms with Crippen molar-refractivity contribution in [1.82, 2.24) is 5.01 Å². The lowest BCUT2D eigenvalue weighted by molar-refractivity contribution is -0.0565. The fraction of sp³-hybridized carbons (Fsp3) is 0.500. The van der Waals surface area contributed by atoms with Crippen LogP contribution in [0.5, 0.6) is 0 Å². The zero-order valence-corrected chi connectivity index (χ0v) is 7.87. The maximum atomic E-state index is 12.0. The van der Waals surface area contributed by atoms with Crippen molar-refractivity contribution in [1.29, 1.82) is 0 Å². The van der Waals surface area contributed by atoms with Gasteiger partial charge in [-0.15, -0.1) is 0 Å². The highest BCUT2D eigenvalue weighted by molar-refractivity contribution is 9.09. The molecule has 12 heavy (non-hydrogen) atoms. The molecule has 1 aliphatic rings. The van der Waals surface area contributed by atoms with E-state index in [1.54, 1.807) is 0 Å². The van der Waals surface area contributed by atoms with Gasteiger partial charge in [0.2, 0.25) is 0 Å². The number of rotatable bonds is 0. The lowest BCUT2D eigenvalue weighted by Gasteiger charge is -2.13. The Balaban J connectivity index is 2.95. The van der Waals surface area contributed by atoms with Crippen LogP contribution in [0.1, 0.15) is 0 Å².